The van der Waals surface area contributed by atoms with Gasteiger partial charge < -0.3 is 19.9 Å². The predicted octanol–water partition coefficient (Wildman–Crippen LogP) is 1.91. The lowest BCUT2D eigenvalue weighted by atomic mass is 10.1. The number of hydrogen-bond donors (Lipinski definition) is 3. The second-order valence-corrected chi connectivity index (χ2v) is 4.17. The minimum atomic E-state index is -0.582. The van der Waals surface area contributed by atoms with Gasteiger partial charge in [0.15, 0.2) is 0 Å². The summed E-state index contributed by atoms with van der Waals surface area (Å²) >= 11 is 0. The molecule has 0 spiro atoms. The Morgan fingerprint density at radius 1 is 1.38 bits per heavy atom. The maximum Gasteiger partial charge on any atom is 0.262 e. The summed E-state index contributed by atoms with van der Waals surface area (Å²) in [5.41, 5.74) is 0.0973. The van der Waals surface area contributed by atoms with E-state index in [1.165, 1.54) is 24.5 Å². The van der Waals surface area contributed by atoms with Crippen molar-refractivity contribution in [3.05, 3.63) is 53.5 Å². The van der Waals surface area contributed by atoms with Crippen molar-refractivity contribution in [3.63, 3.8) is 0 Å². The lowest BCUT2D eigenvalue weighted by Crippen LogP contribution is -2.23. The van der Waals surface area contributed by atoms with E-state index in [0.717, 1.165) is 6.07 Å². The van der Waals surface area contributed by atoms with Crippen LogP contribution in [0, 0.1) is 11.3 Å². The Kier molecular flexibility index (Phi) is 4.26. The number of nitrogens with one attached hydrogen (secondary N) is 1. The molecule has 1 amide bonds. The van der Waals surface area contributed by atoms with Gasteiger partial charge in [-0.05, 0) is 30.3 Å². The van der Waals surface area contributed by atoms with E-state index < -0.39 is 5.91 Å². The fraction of sp³-hybridized carbons (Fsp3) is 0.0667. The molecular formula is C15H12N2O4. The van der Waals surface area contributed by atoms with E-state index in [2.05, 4.69) is 5.32 Å². The Balaban J connectivity index is 2.13. The zero-order valence-corrected chi connectivity index (χ0v) is 10.9. The smallest absolute Gasteiger partial charge is 0.262 e. The number of carbonyl (C=O) groups is 1. The first-order chi connectivity index (χ1) is 10.1. The van der Waals surface area contributed by atoms with Gasteiger partial charge in [-0.2, -0.15) is 5.26 Å². The first-order valence-corrected chi connectivity index (χ1v) is 6.04. The van der Waals surface area contributed by atoms with Gasteiger partial charge in [-0.15, -0.1) is 0 Å². The van der Waals surface area contributed by atoms with Crippen molar-refractivity contribution >= 4 is 12.0 Å². The van der Waals surface area contributed by atoms with Gasteiger partial charge in [0.2, 0.25) is 0 Å². The molecule has 2 aromatic rings. The number of benzene rings is 1. The molecule has 0 aliphatic heterocycles. The molecular weight excluding hydrogens is 272 g/mol. The quantitative estimate of drug-likeness (QED) is 0.587. The molecule has 2 rings (SSSR count). The fourth-order valence-corrected chi connectivity index (χ4v) is 1.63. The summed E-state index contributed by atoms with van der Waals surface area (Å²) in [7, 11) is 0. The van der Waals surface area contributed by atoms with Crippen LogP contribution in [0.3, 0.4) is 0 Å². The first-order valence-electron chi connectivity index (χ1n) is 6.04. The van der Waals surface area contributed by atoms with Crippen LogP contribution >= 0.6 is 0 Å². The maximum absolute atomic E-state index is 11.9. The summed E-state index contributed by atoms with van der Waals surface area (Å²) in [5.74, 6) is -0.346. The third-order valence-electron chi connectivity index (χ3n) is 2.68. The number of phenolic OH excluding ortho intramolecular Hbond substituents is 2. The molecule has 0 aliphatic carbocycles. The molecule has 21 heavy (non-hydrogen) atoms. The number of phenols is 2. The van der Waals surface area contributed by atoms with Crippen LogP contribution in [0.2, 0.25) is 0 Å². The van der Waals surface area contributed by atoms with Gasteiger partial charge in [-0.1, -0.05) is 0 Å². The molecule has 0 atom stereocenters. The van der Waals surface area contributed by atoms with Crippen molar-refractivity contribution in [2.45, 2.75) is 6.54 Å². The lowest BCUT2D eigenvalue weighted by Gasteiger charge is -2.03. The minimum Gasteiger partial charge on any atom is -0.508 e. The summed E-state index contributed by atoms with van der Waals surface area (Å²) in [6.07, 6.45) is 2.73. The van der Waals surface area contributed by atoms with Crippen LogP contribution in [-0.2, 0) is 11.3 Å². The Morgan fingerprint density at radius 2 is 2.19 bits per heavy atom. The average Bonchev–Trinajstić information content (AvgIpc) is 2.97. The van der Waals surface area contributed by atoms with E-state index in [0.29, 0.717) is 5.76 Å². The molecule has 1 aromatic heterocycles. The van der Waals surface area contributed by atoms with Crippen LogP contribution in [0.4, 0.5) is 0 Å². The van der Waals surface area contributed by atoms with Crippen LogP contribution in [-0.4, -0.2) is 16.1 Å². The second kappa shape index (κ2) is 6.30. The van der Waals surface area contributed by atoms with E-state index in [-0.39, 0.29) is 29.2 Å². The van der Waals surface area contributed by atoms with E-state index in [4.69, 9.17) is 9.68 Å². The molecule has 0 unspecified atom stereocenters. The van der Waals surface area contributed by atoms with Crippen molar-refractivity contribution in [3.8, 4) is 17.6 Å². The average molecular weight is 284 g/mol. The highest BCUT2D eigenvalue weighted by molar-refractivity contribution is 6.01. The highest BCUT2D eigenvalue weighted by Crippen LogP contribution is 2.24. The Morgan fingerprint density at radius 3 is 2.81 bits per heavy atom. The van der Waals surface area contributed by atoms with E-state index >= 15 is 0 Å². The van der Waals surface area contributed by atoms with Gasteiger partial charge in [-0.25, -0.2) is 0 Å². The minimum absolute atomic E-state index is 0.106. The van der Waals surface area contributed by atoms with Crippen LogP contribution in [0.1, 0.15) is 11.3 Å². The summed E-state index contributed by atoms with van der Waals surface area (Å²) in [4.78, 5) is 11.9. The Bertz CT molecular complexity index is 712. The molecule has 0 fully saturated rings. The fourth-order valence-electron chi connectivity index (χ4n) is 1.63. The number of nitrogens with zero attached hydrogens (tertiary/aromatic N) is 1. The third-order valence-corrected chi connectivity index (χ3v) is 2.68. The molecule has 1 aromatic carbocycles. The monoisotopic (exact) mass is 284 g/mol. The topological polar surface area (TPSA) is 106 Å². The highest BCUT2D eigenvalue weighted by atomic mass is 16.3. The van der Waals surface area contributed by atoms with E-state index in [9.17, 15) is 15.0 Å². The van der Waals surface area contributed by atoms with Crippen molar-refractivity contribution in [1.29, 1.82) is 5.26 Å². The molecule has 0 saturated heterocycles. The number of carbonyl (C=O) groups excluding carboxylic acids is 1. The first kappa shape index (κ1) is 14.2. The summed E-state index contributed by atoms with van der Waals surface area (Å²) in [6, 6.07) is 9.03. The van der Waals surface area contributed by atoms with E-state index in [1.54, 1.807) is 18.2 Å². The number of furan rings is 1. The van der Waals surface area contributed by atoms with Gasteiger partial charge in [0, 0.05) is 11.6 Å². The Hall–Kier alpha value is -3.20. The lowest BCUT2D eigenvalue weighted by molar-refractivity contribution is -0.117. The largest absolute Gasteiger partial charge is 0.508 e. The highest BCUT2D eigenvalue weighted by Gasteiger charge is 2.11. The second-order valence-electron chi connectivity index (χ2n) is 4.17. The van der Waals surface area contributed by atoms with Crippen molar-refractivity contribution in [2.24, 2.45) is 0 Å². The van der Waals surface area contributed by atoms with Gasteiger partial charge in [0.05, 0.1) is 12.8 Å². The predicted molar refractivity (Wildman–Crippen MR) is 73.9 cm³/mol. The number of aromatic hydroxyl groups is 2. The summed E-state index contributed by atoms with van der Waals surface area (Å²) in [5, 5.41) is 30.4. The van der Waals surface area contributed by atoms with Crippen molar-refractivity contribution in [1.82, 2.24) is 5.32 Å². The number of hydrogen-bond acceptors (Lipinski definition) is 5. The molecule has 6 nitrogen and oxygen atoms in total. The molecule has 0 saturated carbocycles. The molecule has 3 N–H and O–H groups in total. The van der Waals surface area contributed by atoms with Crippen molar-refractivity contribution < 1.29 is 19.4 Å². The molecule has 0 aliphatic rings. The Labute approximate surface area is 120 Å². The molecule has 1 heterocycles. The van der Waals surface area contributed by atoms with Crippen molar-refractivity contribution in [2.75, 3.05) is 0 Å². The van der Waals surface area contributed by atoms with Crippen LogP contribution in [0.5, 0.6) is 11.5 Å². The van der Waals surface area contributed by atoms with Gasteiger partial charge in [-0.3, -0.25) is 4.79 Å². The van der Waals surface area contributed by atoms with Gasteiger partial charge in [0.1, 0.15) is 28.9 Å². The molecule has 106 valence electrons. The standard InChI is InChI=1S/C15H12N2O4/c16-8-11(6-10-3-4-12(18)7-14(10)19)15(20)17-9-13-2-1-5-21-13/h1-7,18-19H,9H2,(H,17,20). The molecule has 0 bridgehead atoms. The molecule has 0 radical (unpaired) electrons. The zero-order valence-electron chi connectivity index (χ0n) is 10.9. The number of rotatable bonds is 4. The summed E-state index contributed by atoms with van der Waals surface area (Å²) in [6.45, 7) is 0.159. The third kappa shape index (κ3) is 3.64. The van der Waals surface area contributed by atoms with Gasteiger partial charge >= 0.3 is 0 Å². The van der Waals surface area contributed by atoms with E-state index in [1.807, 2.05) is 0 Å². The number of amides is 1. The summed E-state index contributed by atoms with van der Waals surface area (Å²) < 4.78 is 5.06. The van der Waals surface area contributed by atoms with Crippen LogP contribution in [0.25, 0.3) is 6.08 Å². The molecule has 6 heteroatoms. The van der Waals surface area contributed by atoms with Gasteiger partial charge in [0.25, 0.3) is 5.91 Å². The SMILES string of the molecule is N#CC(=Cc1ccc(O)cc1O)C(=O)NCc1ccco1. The van der Waals surface area contributed by atoms with Crippen LogP contribution in [0.15, 0.2) is 46.6 Å². The normalized spacial score (nSPS) is 10.9. The number of nitriles is 1. The van der Waals surface area contributed by atoms with Crippen LogP contribution < -0.4 is 5.32 Å². The zero-order chi connectivity index (χ0) is 15.2. The maximum atomic E-state index is 11.9.